The first kappa shape index (κ1) is 12.3. The quantitative estimate of drug-likeness (QED) is 0.858. The minimum atomic E-state index is -1.38. The predicted molar refractivity (Wildman–Crippen MR) is 61.6 cm³/mol. The molecular formula is C12H9BrF2O2. The zero-order valence-corrected chi connectivity index (χ0v) is 10.5. The van der Waals surface area contributed by atoms with E-state index in [1.54, 1.807) is 6.92 Å². The Balaban J connectivity index is 2.55. The maximum absolute atomic E-state index is 13.8. The molecule has 0 saturated heterocycles. The largest absolute Gasteiger partial charge is 0.469 e. The lowest BCUT2D eigenvalue weighted by molar-refractivity contribution is 0.206. The highest BCUT2D eigenvalue weighted by molar-refractivity contribution is 9.10. The van der Waals surface area contributed by atoms with Crippen LogP contribution in [0.5, 0.6) is 0 Å². The van der Waals surface area contributed by atoms with Crippen LogP contribution in [-0.4, -0.2) is 5.11 Å². The maximum atomic E-state index is 13.8. The van der Waals surface area contributed by atoms with Gasteiger partial charge in [-0.1, -0.05) is 0 Å². The maximum Gasteiger partial charge on any atom is 0.146 e. The van der Waals surface area contributed by atoms with Crippen LogP contribution in [0, 0.1) is 18.6 Å². The van der Waals surface area contributed by atoms with Crippen molar-refractivity contribution in [2.75, 3.05) is 0 Å². The Morgan fingerprint density at radius 2 is 2.00 bits per heavy atom. The summed E-state index contributed by atoms with van der Waals surface area (Å²) < 4.78 is 32.4. The van der Waals surface area contributed by atoms with Crippen molar-refractivity contribution in [3.63, 3.8) is 0 Å². The van der Waals surface area contributed by atoms with Crippen molar-refractivity contribution < 1.29 is 18.3 Å². The molecule has 1 unspecified atom stereocenters. The molecule has 1 atom stereocenters. The fraction of sp³-hybridized carbons (Fsp3) is 0.167. The number of halogens is 3. The summed E-state index contributed by atoms with van der Waals surface area (Å²) in [5.41, 5.74) is -0.0372. The average Bonchev–Trinajstić information content (AvgIpc) is 2.70. The summed E-state index contributed by atoms with van der Waals surface area (Å²) in [6.07, 6.45) is -0.0203. The fourth-order valence-corrected chi connectivity index (χ4v) is 1.97. The van der Waals surface area contributed by atoms with Gasteiger partial charge in [0, 0.05) is 5.56 Å². The lowest BCUT2D eigenvalue weighted by atomic mass is 10.0. The van der Waals surface area contributed by atoms with E-state index in [0.717, 1.165) is 6.07 Å². The fourth-order valence-electron chi connectivity index (χ4n) is 1.63. The zero-order valence-electron chi connectivity index (χ0n) is 8.88. The number of hydrogen-bond donors (Lipinski definition) is 1. The molecule has 1 aromatic carbocycles. The van der Waals surface area contributed by atoms with E-state index in [1.165, 1.54) is 18.4 Å². The lowest BCUT2D eigenvalue weighted by Gasteiger charge is -2.13. The molecule has 0 amide bonds. The SMILES string of the molecule is Cc1occc1C(O)c1c(F)ccc(Br)c1F. The molecule has 0 aliphatic rings. The van der Waals surface area contributed by atoms with Crippen molar-refractivity contribution in [3.8, 4) is 0 Å². The molecule has 1 N–H and O–H groups in total. The van der Waals surface area contributed by atoms with Crippen LogP contribution in [-0.2, 0) is 0 Å². The number of aryl methyl sites for hydroxylation is 1. The van der Waals surface area contributed by atoms with Gasteiger partial charge in [0.15, 0.2) is 0 Å². The smallest absolute Gasteiger partial charge is 0.146 e. The summed E-state index contributed by atoms with van der Waals surface area (Å²) >= 11 is 2.95. The van der Waals surface area contributed by atoms with Crippen molar-refractivity contribution in [2.24, 2.45) is 0 Å². The van der Waals surface area contributed by atoms with E-state index in [-0.39, 0.29) is 10.0 Å². The highest BCUT2D eigenvalue weighted by Gasteiger charge is 2.23. The highest BCUT2D eigenvalue weighted by Crippen LogP contribution is 2.32. The standard InChI is InChI=1S/C12H9BrF2O2/c1-6-7(4-5-17-6)12(16)10-9(14)3-2-8(13)11(10)15/h2-5,12,16H,1H3. The third kappa shape index (κ3) is 2.12. The van der Waals surface area contributed by atoms with Crippen molar-refractivity contribution in [1.82, 2.24) is 0 Å². The first-order chi connectivity index (χ1) is 8.02. The Labute approximate surface area is 105 Å². The van der Waals surface area contributed by atoms with Crippen LogP contribution in [0.3, 0.4) is 0 Å². The van der Waals surface area contributed by atoms with Gasteiger partial charge in [0.1, 0.15) is 23.5 Å². The van der Waals surface area contributed by atoms with Gasteiger partial charge in [-0.15, -0.1) is 0 Å². The second-order valence-electron chi connectivity index (χ2n) is 3.59. The predicted octanol–water partition coefficient (Wildman–Crippen LogP) is 3.71. The van der Waals surface area contributed by atoms with E-state index < -0.39 is 17.7 Å². The molecule has 17 heavy (non-hydrogen) atoms. The van der Waals surface area contributed by atoms with Gasteiger partial charge in [-0.25, -0.2) is 8.78 Å². The van der Waals surface area contributed by atoms with E-state index >= 15 is 0 Å². The van der Waals surface area contributed by atoms with Crippen LogP contribution in [0.2, 0.25) is 0 Å². The molecule has 1 aromatic heterocycles. The van der Waals surface area contributed by atoms with Crippen molar-refractivity contribution >= 4 is 15.9 Å². The molecule has 0 saturated carbocycles. The number of furan rings is 1. The normalized spacial score (nSPS) is 12.8. The van der Waals surface area contributed by atoms with E-state index in [1.807, 2.05) is 0 Å². The monoisotopic (exact) mass is 302 g/mol. The van der Waals surface area contributed by atoms with Crippen molar-refractivity contribution in [3.05, 3.63) is 57.5 Å². The van der Waals surface area contributed by atoms with Crippen LogP contribution in [0.15, 0.2) is 33.4 Å². The molecule has 2 aromatic rings. The molecule has 0 bridgehead atoms. The minimum absolute atomic E-state index is 0.106. The summed E-state index contributed by atoms with van der Waals surface area (Å²) in [7, 11) is 0. The molecule has 0 aliphatic heterocycles. The molecule has 0 spiro atoms. The van der Waals surface area contributed by atoms with Gasteiger partial charge in [0.05, 0.1) is 16.3 Å². The summed E-state index contributed by atoms with van der Waals surface area (Å²) in [5, 5.41) is 9.99. The summed E-state index contributed by atoms with van der Waals surface area (Å²) in [6, 6.07) is 3.84. The first-order valence-electron chi connectivity index (χ1n) is 4.88. The van der Waals surface area contributed by atoms with Gasteiger partial charge in [0.25, 0.3) is 0 Å². The summed E-state index contributed by atoms with van der Waals surface area (Å²) in [5.74, 6) is -1.17. The van der Waals surface area contributed by atoms with Gasteiger partial charge in [-0.2, -0.15) is 0 Å². The minimum Gasteiger partial charge on any atom is -0.469 e. The molecule has 1 heterocycles. The molecule has 0 radical (unpaired) electrons. The number of hydrogen-bond acceptors (Lipinski definition) is 2. The van der Waals surface area contributed by atoms with Crippen molar-refractivity contribution in [2.45, 2.75) is 13.0 Å². The Hall–Kier alpha value is -1.20. The van der Waals surface area contributed by atoms with Crippen LogP contribution in [0.4, 0.5) is 8.78 Å². The Morgan fingerprint density at radius 1 is 1.29 bits per heavy atom. The van der Waals surface area contributed by atoms with Gasteiger partial charge >= 0.3 is 0 Å². The Morgan fingerprint density at radius 3 is 2.59 bits per heavy atom. The topological polar surface area (TPSA) is 33.4 Å². The van der Waals surface area contributed by atoms with Gasteiger partial charge in [0.2, 0.25) is 0 Å². The van der Waals surface area contributed by atoms with E-state index in [4.69, 9.17) is 4.42 Å². The second-order valence-corrected chi connectivity index (χ2v) is 4.45. The third-order valence-corrected chi connectivity index (χ3v) is 3.16. The molecule has 0 aliphatic carbocycles. The van der Waals surface area contributed by atoms with E-state index in [9.17, 15) is 13.9 Å². The third-order valence-electron chi connectivity index (χ3n) is 2.55. The summed E-state index contributed by atoms with van der Waals surface area (Å²) in [4.78, 5) is 0. The second kappa shape index (κ2) is 4.58. The zero-order chi connectivity index (χ0) is 12.6. The van der Waals surface area contributed by atoms with Gasteiger partial charge < -0.3 is 9.52 Å². The van der Waals surface area contributed by atoms with E-state index in [0.29, 0.717) is 11.3 Å². The Kier molecular flexibility index (Phi) is 3.31. The Bertz CT molecular complexity index is 551. The van der Waals surface area contributed by atoms with Crippen LogP contribution in [0.25, 0.3) is 0 Å². The average molecular weight is 303 g/mol. The van der Waals surface area contributed by atoms with Crippen molar-refractivity contribution in [1.29, 1.82) is 0 Å². The molecular weight excluding hydrogens is 294 g/mol. The number of aliphatic hydroxyl groups excluding tert-OH is 1. The van der Waals surface area contributed by atoms with Gasteiger partial charge in [-0.05, 0) is 41.1 Å². The molecule has 2 rings (SSSR count). The lowest BCUT2D eigenvalue weighted by Crippen LogP contribution is -2.06. The molecule has 5 heteroatoms. The first-order valence-corrected chi connectivity index (χ1v) is 5.67. The number of aliphatic hydroxyl groups is 1. The summed E-state index contributed by atoms with van der Waals surface area (Å²) in [6.45, 7) is 1.62. The van der Waals surface area contributed by atoms with Gasteiger partial charge in [-0.3, -0.25) is 0 Å². The van der Waals surface area contributed by atoms with Crippen LogP contribution < -0.4 is 0 Å². The number of benzene rings is 1. The van der Waals surface area contributed by atoms with Crippen LogP contribution in [0.1, 0.15) is 23.0 Å². The number of rotatable bonds is 2. The molecule has 2 nitrogen and oxygen atoms in total. The molecule has 0 fully saturated rings. The molecule has 90 valence electrons. The van der Waals surface area contributed by atoms with Crippen LogP contribution >= 0.6 is 15.9 Å². The highest BCUT2D eigenvalue weighted by atomic mass is 79.9. The van der Waals surface area contributed by atoms with E-state index in [2.05, 4.69) is 15.9 Å².